The fraction of sp³-hybridized carbons (Fsp3) is 0.333. The fourth-order valence-corrected chi connectivity index (χ4v) is 1.61. The molecule has 2 rings (SSSR count). The van der Waals surface area contributed by atoms with Gasteiger partial charge >= 0.3 is 0 Å². The van der Waals surface area contributed by atoms with Gasteiger partial charge in [-0.3, -0.25) is 9.78 Å². The van der Waals surface area contributed by atoms with Gasteiger partial charge in [0.05, 0.1) is 17.4 Å². The molecule has 100 valence electrons. The highest BCUT2D eigenvalue weighted by molar-refractivity contribution is 5.99. The van der Waals surface area contributed by atoms with Crippen molar-refractivity contribution in [1.82, 2.24) is 20.4 Å². The minimum absolute atomic E-state index is 0.164. The number of rotatable bonds is 5. The molecular weight excluding hydrogens is 246 g/mol. The van der Waals surface area contributed by atoms with Crippen LogP contribution in [0.4, 0.5) is 5.69 Å². The van der Waals surface area contributed by atoms with E-state index in [-0.39, 0.29) is 5.91 Å². The highest BCUT2D eigenvalue weighted by Crippen LogP contribution is 2.11. The first-order valence-electron chi connectivity index (χ1n) is 5.90. The first kappa shape index (κ1) is 13.0. The summed E-state index contributed by atoms with van der Waals surface area (Å²) in [5, 5.41) is 9.40. The van der Waals surface area contributed by atoms with Crippen LogP contribution in [-0.4, -0.2) is 34.6 Å². The number of nitrogens with zero attached hydrogens (tertiary/aromatic N) is 3. The molecule has 0 radical (unpaired) electrons. The van der Waals surface area contributed by atoms with Crippen LogP contribution in [0.2, 0.25) is 0 Å². The Morgan fingerprint density at radius 3 is 3.00 bits per heavy atom. The van der Waals surface area contributed by atoms with Crippen molar-refractivity contribution in [2.75, 3.05) is 18.9 Å². The Kier molecular flexibility index (Phi) is 4.07. The van der Waals surface area contributed by atoms with E-state index in [2.05, 4.69) is 25.8 Å². The number of carbonyl (C=O) groups excluding carboxylic acids is 1. The largest absolute Gasteiger partial charge is 0.386 e. The molecule has 0 aliphatic rings. The molecule has 0 bridgehead atoms. The molecule has 0 aliphatic heterocycles. The average Bonchev–Trinajstić information content (AvgIpc) is 2.84. The van der Waals surface area contributed by atoms with Gasteiger partial charge < -0.3 is 15.2 Å². The van der Waals surface area contributed by atoms with Gasteiger partial charge in [0.15, 0.2) is 5.82 Å². The van der Waals surface area contributed by atoms with Crippen molar-refractivity contribution in [3.63, 3.8) is 0 Å². The van der Waals surface area contributed by atoms with Crippen LogP contribution in [0.25, 0.3) is 0 Å². The Labute approximate surface area is 110 Å². The summed E-state index contributed by atoms with van der Waals surface area (Å²) in [6.07, 6.45) is 3.69. The smallest absolute Gasteiger partial charge is 0.253 e. The molecular formula is C12H15N5O2. The second-order valence-corrected chi connectivity index (χ2v) is 3.91. The number of aryl methyl sites for hydroxylation is 1. The number of hydrogen-bond acceptors (Lipinski definition) is 6. The SMILES string of the molecule is CNc1cnccc1C(=O)NCCc1nc(C)no1. The van der Waals surface area contributed by atoms with E-state index in [4.69, 9.17) is 4.52 Å². The standard InChI is InChI=1S/C12H15N5O2/c1-8-16-11(19-17-8)4-6-15-12(18)9-3-5-14-7-10(9)13-2/h3,5,7,13H,4,6H2,1-2H3,(H,15,18). The number of amides is 1. The van der Waals surface area contributed by atoms with Crippen molar-refractivity contribution in [2.24, 2.45) is 0 Å². The van der Waals surface area contributed by atoms with Crippen molar-refractivity contribution in [1.29, 1.82) is 0 Å². The minimum Gasteiger partial charge on any atom is -0.386 e. The lowest BCUT2D eigenvalue weighted by molar-refractivity contribution is 0.0954. The maximum absolute atomic E-state index is 12.0. The molecule has 0 unspecified atom stereocenters. The summed E-state index contributed by atoms with van der Waals surface area (Å²) in [5.74, 6) is 0.942. The summed E-state index contributed by atoms with van der Waals surface area (Å²) < 4.78 is 4.96. The summed E-state index contributed by atoms with van der Waals surface area (Å²) in [5.41, 5.74) is 1.24. The maximum Gasteiger partial charge on any atom is 0.253 e. The molecule has 2 aromatic rings. The first-order valence-corrected chi connectivity index (χ1v) is 5.90. The summed E-state index contributed by atoms with van der Waals surface area (Å²) >= 11 is 0. The third-order valence-electron chi connectivity index (χ3n) is 2.53. The van der Waals surface area contributed by atoms with Gasteiger partial charge in [0.25, 0.3) is 5.91 Å². The lowest BCUT2D eigenvalue weighted by Crippen LogP contribution is -2.26. The van der Waals surface area contributed by atoms with E-state index in [0.29, 0.717) is 35.9 Å². The zero-order valence-electron chi connectivity index (χ0n) is 10.8. The monoisotopic (exact) mass is 261 g/mol. The second kappa shape index (κ2) is 5.94. The van der Waals surface area contributed by atoms with Crippen LogP contribution in [0.5, 0.6) is 0 Å². The number of carbonyl (C=O) groups is 1. The molecule has 19 heavy (non-hydrogen) atoms. The fourth-order valence-electron chi connectivity index (χ4n) is 1.61. The lowest BCUT2D eigenvalue weighted by Gasteiger charge is -2.08. The summed E-state index contributed by atoms with van der Waals surface area (Å²) in [6, 6.07) is 1.66. The Bertz CT molecular complexity index is 567. The van der Waals surface area contributed by atoms with E-state index < -0.39 is 0 Å². The van der Waals surface area contributed by atoms with Crippen molar-refractivity contribution >= 4 is 11.6 Å². The molecule has 2 N–H and O–H groups in total. The molecule has 0 aliphatic carbocycles. The molecule has 0 saturated carbocycles. The van der Waals surface area contributed by atoms with Crippen molar-refractivity contribution in [3.05, 3.63) is 35.7 Å². The molecule has 0 aromatic carbocycles. The highest BCUT2D eigenvalue weighted by Gasteiger charge is 2.10. The van der Waals surface area contributed by atoms with E-state index in [1.165, 1.54) is 0 Å². The summed E-state index contributed by atoms with van der Waals surface area (Å²) in [7, 11) is 1.75. The molecule has 7 heteroatoms. The molecule has 0 atom stereocenters. The molecule has 2 heterocycles. The molecule has 2 aromatic heterocycles. The number of hydrogen-bond donors (Lipinski definition) is 2. The van der Waals surface area contributed by atoms with Gasteiger partial charge in [-0.25, -0.2) is 0 Å². The van der Waals surface area contributed by atoms with Gasteiger partial charge in [-0.05, 0) is 13.0 Å². The number of aromatic nitrogens is 3. The van der Waals surface area contributed by atoms with Crippen LogP contribution in [0.3, 0.4) is 0 Å². The molecule has 1 amide bonds. The first-order chi connectivity index (χ1) is 9.20. The van der Waals surface area contributed by atoms with Gasteiger partial charge in [-0.1, -0.05) is 5.16 Å². The summed E-state index contributed by atoms with van der Waals surface area (Å²) in [4.78, 5) is 20.0. The van der Waals surface area contributed by atoms with Gasteiger partial charge in [0.2, 0.25) is 5.89 Å². The van der Waals surface area contributed by atoms with Gasteiger partial charge in [0.1, 0.15) is 0 Å². The number of pyridine rings is 1. The van der Waals surface area contributed by atoms with Crippen LogP contribution in [-0.2, 0) is 6.42 Å². The Hall–Kier alpha value is -2.44. The quantitative estimate of drug-likeness (QED) is 0.826. The van der Waals surface area contributed by atoms with Crippen LogP contribution >= 0.6 is 0 Å². The van der Waals surface area contributed by atoms with E-state index in [1.54, 1.807) is 32.4 Å². The van der Waals surface area contributed by atoms with Crippen molar-refractivity contribution in [3.8, 4) is 0 Å². The van der Waals surface area contributed by atoms with E-state index in [1.807, 2.05) is 0 Å². The van der Waals surface area contributed by atoms with Crippen LogP contribution in [0.15, 0.2) is 23.0 Å². The van der Waals surface area contributed by atoms with Gasteiger partial charge in [0, 0.05) is 26.2 Å². The predicted octanol–water partition coefficient (Wildman–Crippen LogP) is 0.787. The Balaban J connectivity index is 1.90. The third kappa shape index (κ3) is 3.27. The summed E-state index contributed by atoms with van der Waals surface area (Å²) in [6.45, 7) is 2.19. The average molecular weight is 261 g/mol. The molecule has 0 fully saturated rings. The van der Waals surface area contributed by atoms with E-state index >= 15 is 0 Å². The zero-order chi connectivity index (χ0) is 13.7. The number of anilines is 1. The Morgan fingerprint density at radius 2 is 2.32 bits per heavy atom. The van der Waals surface area contributed by atoms with E-state index in [9.17, 15) is 4.79 Å². The topological polar surface area (TPSA) is 92.9 Å². The van der Waals surface area contributed by atoms with E-state index in [0.717, 1.165) is 0 Å². The van der Waals surface area contributed by atoms with Crippen LogP contribution < -0.4 is 10.6 Å². The second-order valence-electron chi connectivity index (χ2n) is 3.91. The zero-order valence-corrected chi connectivity index (χ0v) is 10.8. The number of nitrogens with one attached hydrogen (secondary N) is 2. The molecule has 0 saturated heterocycles. The predicted molar refractivity (Wildman–Crippen MR) is 68.9 cm³/mol. The van der Waals surface area contributed by atoms with Crippen molar-refractivity contribution in [2.45, 2.75) is 13.3 Å². The van der Waals surface area contributed by atoms with Crippen LogP contribution in [0, 0.1) is 6.92 Å². The molecule has 7 nitrogen and oxygen atoms in total. The molecule has 0 spiro atoms. The minimum atomic E-state index is -0.164. The van der Waals surface area contributed by atoms with Gasteiger partial charge in [-0.2, -0.15) is 4.98 Å². The highest BCUT2D eigenvalue weighted by atomic mass is 16.5. The maximum atomic E-state index is 12.0. The van der Waals surface area contributed by atoms with Gasteiger partial charge in [-0.15, -0.1) is 0 Å². The third-order valence-corrected chi connectivity index (χ3v) is 2.53. The lowest BCUT2D eigenvalue weighted by atomic mass is 10.2. The Morgan fingerprint density at radius 1 is 1.47 bits per heavy atom. The normalized spacial score (nSPS) is 10.2. The van der Waals surface area contributed by atoms with Crippen molar-refractivity contribution < 1.29 is 9.32 Å². The van der Waals surface area contributed by atoms with Crippen LogP contribution in [0.1, 0.15) is 22.1 Å².